The molecular formula is C14H18O4Zn. The zero-order valence-electron chi connectivity index (χ0n) is 11.2. The van der Waals surface area contributed by atoms with Crippen LogP contribution in [-0.2, 0) is 29.1 Å². The molecule has 2 rings (SSSR count). The van der Waals surface area contributed by atoms with Crippen LogP contribution in [0.25, 0.3) is 0 Å². The molecule has 0 saturated heterocycles. The predicted octanol–water partition coefficient (Wildman–Crippen LogP) is 0.471. The predicted molar refractivity (Wildman–Crippen MR) is 63.1 cm³/mol. The maximum atomic E-state index is 10.2. The molecule has 0 heterocycles. The monoisotopic (exact) mass is 314 g/mol. The fraction of sp³-hybridized carbons (Fsp3) is 0.571. The van der Waals surface area contributed by atoms with Gasteiger partial charge < -0.3 is 19.8 Å². The van der Waals surface area contributed by atoms with Crippen LogP contribution in [0.15, 0.2) is 23.3 Å². The van der Waals surface area contributed by atoms with Gasteiger partial charge in [-0.15, -0.1) is 0 Å². The fourth-order valence-corrected chi connectivity index (χ4v) is 2.05. The number of carbonyl (C=O) groups is 2. The Balaban J connectivity index is 0.000000324. The van der Waals surface area contributed by atoms with E-state index in [1.54, 1.807) is 12.2 Å². The molecule has 2 aliphatic carbocycles. The van der Waals surface area contributed by atoms with Crippen molar-refractivity contribution in [2.75, 3.05) is 0 Å². The minimum atomic E-state index is -0.991. The summed E-state index contributed by atoms with van der Waals surface area (Å²) in [6.07, 6.45) is 11.0. The maximum Gasteiger partial charge on any atom is 2.00 e. The minimum absolute atomic E-state index is 0. The summed E-state index contributed by atoms with van der Waals surface area (Å²) in [6, 6.07) is 0. The number of aliphatic carboxylic acids is 2. The van der Waals surface area contributed by atoms with Crippen molar-refractivity contribution in [2.24, 2.45) is 0 Å². The Labute approximate surface area is 126 Å². The fourth-order valence-electron chi connectivity index (χ4n) is 2.05. The van der Waals surface area contributed by atoms with Crippen molar-refractivity contribution in [3.63, 3.8) is 0 Å². The zero-order chi connectivity index (χ0) is 13.4. The quantitative estimate of drug-likeness (QED) is 0.694. The van der Waals surface area contributed by atoms with Crippen LogP contribution in [0.5, 0.6) is 0 Å². The van der Waals surface area contributed by atoms with E-state index < -0.39 is 11.9 Å². The van der Waals surface area contributed by atoms with E-state index in [1.807, 2.05) is 0 Å². The topological polar surface area (TPSA) is 80.3 Å². The Morgan fingerprint density at radius 3 is 1.32 bits per heavy atom. The van der Waals surface area contributed by atoms with Crippen molar-refractivity contribution in [1.82, 2.24) is 0 Å². The number of carbonyl (C=O) groups excluding carboxylic acids is 2. The van der Waals surface area contributed by atoms with Gasteiger partial charge in [-0.05, 0) is 62.5 Å². The molecule has 19 heavy (non-hydrogen) atoms. The van der Waals surface area contributed by atoms with E-state index in [4.69, 9.17) is 0 Å². The SMILES string of the molecule is O=C([O-])C1=CCCCC1.O=C([O-])C1=CCCCC1.[Zn+2]. The molecule has 5 heteroatoms. The first-order chi connectivity index (χ1) is 8.61. The summed E-state index contributed by atoms with van der Waals surface area (Å²) in [5.41, 5.74) is 0.975. The van der Waals surface area contributed by atoms with E-state index in [1.165, 1.54) is 0 Å². The van der Waals surface area contributed by atoms with Gasteiger partial charge in [0.1, 0.15) is 0 Å². The molecule has 0 bridgehead atoms. The molecule has 0 radical (unpaired) electrons. The summed E-state index contributed by atoms with van der Waals surface area (Å²) in [5, 5.41) is 20.3. The van der Waals surface area contributed by atoms with E-state index in [-0.39, 0.29) is 19.5 Å². The van der Waals surface area contributed by atoms with E-state index in [0.29, 0.717) is 24.0 Å². The molecule has 0 atom stereocenters. The van der Waals surface area contributed by atoms with Crippen molar-refractivity contribution in [3.05, 3.63) is 23.3 Å². The van der Waals surface area contributed by atoms with Crippen molar-refractivity contribution in [3.8, 4) is 0 Å². The number of hydrogen-bond donors (Lipinski definition) is 0. The van der Waals surface area contributed by atoms with Gasteiger partial charge >= 0.3 is 19.5 Å². The van der Waals surface area contributed by atoms with Crippen LogP contribution in [0.4, 0.5) is 0 Å². The summed E-state index contributed by atoms with van der Waals surface area (Å²) in [7, 11) is 0. The molecule has 4 nitrogen and oxygen atoms in total. The zero-order valence-corrected chi connectivity index (χ0v) is 14.1. The van der Waals surface area contributed by atoms with E-state index in [0.717, 1.165) is 38.5 Å². The van der Waals surface area contributed by atoms with E-state index in [2.05, 4.69) is 0 Å². The van der Waals surface area contributed by atoms with Crippen molar-refractivity contribution >= 4 is 11.9 Å². The van der Waals surface area contributed by atoms with Gasteiger partial charge in [-0.3, -0.25) is 0 Å². The summed E-state index contributed by atoms with van der Waals surface area (Å²) in [6.45, 7) is 0. The first-order valence-electron chi connectivity index (χ1n) is 6.42. The van der Waals surface area contributed by atoms with Crippen molar-refractivity contribution in [2.45, 2.75) is 51.4 Å². The molecule has 0 aliphatic heterocycles. The molecule has 0 N–H and O–H groups in total. The van der Waals surface area contributed by atoms with Gasteiger partial charge in [0.15, 0.2) is 0 Å². The van der Waals surface area contributed by atoms with Gasteiger partial charge in [-0.2, -0.15) is 0 Å². The summed E-state index contributed by atoms with van der Waals surface area (Å²) in [5.74, 6) is -1.98. The molecule has 0 fully saturated rings. The van der Waals surface area contributed by atoms with Gasteiger partial charge in [-0.25, -0.2) is 0 Å². The number of carboxylic acids is 2. The first kappa shape index (κ1) is 18.0. The first-order valence-corrected chi connectivity index (χ1v) is 6.42. The molecule has 0 aromatic rings. The van der Waals surface area contributed by atoms with Crippen LogP contribution in [-0.4, -0.2) is 11.9 Å². The molecule has 0 saturated carbocycles. The second kappa shape index (κ2) is 9.91. The average Bonchev–Trinajstić information content (AvgIpc) is 2.41. The Bertz CT molecular complexity index is 336. The normalized spacial score (nSPS) is 17.9. The van der Waals surface area contributed by atoms with E-state index >= 15 is 0 Å². The Morgan fingerprint density at radius 1 is 0.789 bits per heavy atom. The average molecular weight is 316 g/mol. The van der Waals surface area contributed by atoms with Crippen LogP contribution in [0.1, 0.15) is 51.4 Å². The van der Waals surface area contributed by atoms with Gasteiger partial charge in [0.05, 0.1) is 11.9 Å². The van der Waals surface area contributed by atoms with Crippen LogP contribution in [0.3, 0.4) is 0 Å². The third-order valence-corrected chi connectivity index (χ3v) is 3.11. The largest absolute Gasteiger partial charge is 2.00 e. The third kappa shape index (κ3) is 7.26. The van der Waals surface area contributed by atoms with Crippen molar-refractivity contribution < 1.29 is 39.3 Å². The smallest absolute Gasteiger partial charge is 0.545 e. The van der Waals surface area contributed by atoms with Gasteiger partial charge in [0, 0.05) is 0 Å². The second-order valence-corrected chi connectivity index (χ2v) is 4.53. The van der Waals surface area contributed by atoms with Crippen LogP contribution < -0.4 is 10.2 Å². The van der Waals surface area contributed by atoms with Gasteiger partial charge in [0.2, 0.25) is 0 Å². The molecule has 0 spiro atoms. The van der Waals surface area contributed by atoms with Gasteiger partial charge in [0.25, 0.3) is 0 Å². The molecule has 0 aromatic carbocycles. The van der Waals surface area contributed by atoms with Crippen LogP contribution in [0.2, 0.25) is 0 Å². The Hall–Kier alpha value is -0.957. The number of rotatable bonds is 2. The van der Waals surface area contributed by atoms with Crippen LogP contribution in [0, 0.1) is 0 Å². The molecular weight excluding hydrogens is 298 g/mol. The Morgan fingerprint density at radius 2 is 1.16 bits per heavy atom. The second-order valence-electron chi connectivity index (χ2n) is 4.53. The summed E-state index contributed by atoms with van der Waals surface area (Å²) in [4.78, 5) is 20.3. The Kier molecular flexibility index (Phi) is 9.41. The van der Waals surface area contributed by atoms with Gasteiger partial charge in [-0.1, -0.05) is 12.2 Å². The van der Waals surface area contributed by atoms with Crippen LogP contribution >= 0.6 is 0 Å². The third-order valence-electron chi connectivity index (χ3n) is 3.11. The number of carboxylic acid groups (broad SMARTS) is 2. The molecule has 2 aliphatic rings. The molecule has 0 aromatic heterocycles. The number of allylic oxidation sites excluding steroid dienone is 2. The molecule has 0 amide bonds. The molecule has 100 valence electrons. The van der Waals surface area contributed by atoms with E-state index in [9.17, 15) is 19.8 Å². The number of hydrogen-bond acceptors (Lipinski definition) is 4. The van der Waals surface area contributed by atoms with Crippen molar-refractivity contribution in [1.29, 1.82) is 0 Å². The summed E-state index contributed by atoms with van der Waals surface area (Å²) >= 11 is 0. The minimum Gasteiger partial charge on any atom is -0.545 e. The maximum absolute atomic E-state index is 10.2. The summed E-state index contributed by atoms with van der Waals surface area (Å²) < 4.78 is 0. The standard InChI is InChI=1S/2C7H10O2.Zn/c2*8-7(9)6-4-2-1-3-5-6;/h2*4H,1-3,5H2,(H,8,9);/q;;+2/p-2. The molecule has 0 unspecified atom stereocenters.